The molecule has 138 valence electrons. The van der Waals surface area contributed by atoms with Crippen molar-refractivity contribution in [1.82, 2.24) is 25.5 Å². The second kappa shape index (κ2) is 7.03. The average molecular weight is 357 g/mol. The normalized spacial score (nSPS) is 22.3. The molecule has 0 radical (unpaired) electrons. The molecule has 2 aliphatic rings. The van der Waals surface area contributed by atoms with Crippen LogP contribution >= 0.6 is 0 Å². The molecule has 1 saturated heterocycles. The van der Waals surface area contributed by atoms with Gasteiger partial charge in [-0.2, -0.15) is 5.21 Å². The number of hydrogen-bond acceptors (Lipinski definition) is 6. The molecule has 1 aromatic heterocycles. The zero-order valence-electron chi connectivity index (χ0n) is 14.9. The third-order valence-corrected chi connectivity index (χ3v) is 5.51. The molecule has 8 heteroatoms. The van der Waals surface area contributed by atoms with E-state index < -0.39 is 5.41 Å². The standard InChI is InChI=1S/C18H23N5O3/c1-25-14-6-4-13(5-7-14)18(8-2-3-9-18)17(24)23-10-11-26-15(12-23)16-19-21-22-20-16/h4-7,15H,2-3,8-12H2,1H3,(H,19,20,21,22). The lowest BCUT2D eigenvalue weighted by atomic mass is 9.77. The predicted molar refractivity (Wildman–Crippen MR) is 92.6 cm³/mol. The highest BCUT2D eigenvalue weighted by Crippen LogP contribution is 2.43. The van der Waals surface area contributed by atoms with Gasteiger partial charge >= 0.3 is 0 Å². The Labute approximate surface area is 151 Å². The summed E-state index contributed by atoms with van der Waals surface area (Å²) < 4.78 is 11.0. The quantitative estimate of drug-likeness (QED) is 0.894. The van der Waals surface area contributed by atoms with Crippen LogP contribution in [0.4, 0.5) is 0 Å². The summed E-state index contributed by atoms with van der Waals surface area (Å²) in [5.74, 6) is 1.47. The van der Waals surface area contributed by atoms with Gasteiger partial charge in [-0.05, 0) is 30.5 Å². The molecule has 0 spiro atoms. The minimum absolute atomic E-state index is 0.178. The highest BCUT2D eigenvalue weighted by molar-refractivity contribution is 5.88. The molecule has 1 N–H and O–H groups in total. The third-order valence-electron chi connectivity index (χ3n) is 5.51. The Hall–Kier alpha value is -2.48. The van der Waals surface area contributed by atoms with Gasteiger partial charge in [0.25, 0.3) is 0 Å². The van der Waals surface area contributed by atoms with Crippen molar-refractivity contribution in [2.45, 2.75) is 37.2 Å². The van der Waals surface area contributed by atoms with Crippen LogP contribution < -0.4 is 4.74 Å². The lowest BCUT2D eigenvalue weighted by Crippen LogP contribution is -2.50. The highest BCUT2D eigenvalue weighted by Gasteiger charge is 2.46. The van der Waals surface area contributed by atoms with Crippen LogP contribution in [0.25, 0.3) is 0 Å². The summed E-state index contributed by atoms with van der Waals surface area (Å²) in [7, 11) is 1.65. The average Bonchev–Trinajstić information content (AvgIpc) is 3.40. The summed E-state index contributed by atoms with van der Waals surface area (Å²) in [6, 6.07) is 7.92. The maximum Gasteiger partial charge on any atom is 0.233 e. The molecule has 8 nitrogen and oxygen atoms in total. The Bertz CT molecular complexity index is 741. The first-order chi connectivity index (χ1) is 12.7. The van der Waals surface area contributed by atoms with E-state index in [0.717, 1.165) is 37.0 Å². The van der Waals surface area contributed by atoms with Gasteiger partial charge in [0, 0.05) is 6.54 Å². The van der Waals surface area contributed by atoms with Crippen LogP contribution in [-0.4, -0.2) is 58.2 Å². The number of nitrogens with zero attached hydrogens (tertiary/aromatic N) is 4. The molecular formula is C18H23N5O3. The number of amides is 1. The van der Waals surface area contributed by atoms with E-state index in [1.807, 2.05) is 29.2 Å². The fourth-order valence-electron chi connectivity index (χ4n) is 4.11. The molecule has 1 atom stereocenters. The number of methoxy groups -OCH3 is 1. The number of H-pyrrole nitrogens is 1. The largest absolute Gasteiger partial charge is 0.497 e. The number of benzene rings is 1. The minimum Gasteiger partial charge on any atom is -0.497 e. The number of carbonyl (C=O) groups is 1. The minimum atomic E-state index is -0.453. The second-order valence-electron chi connectivity index (χ2n) is 6.90. The van der Waals surface area contributed by atoms with Crippen molar-refractivity contribution >= 4 is 5.91 Å². The fraction of sp³-hybridized carbons (Fsp3) is 0.556. The van der Waals surface area contributed by atoms with Gasteiger partial charge in [0.15, 0.2) is 0 Å². The van der Waals surface area contributed by atoms with E-state index in [1.54, 1.807) is 7.11 Å². The van der Waals surface area contributed by atoms with E-state index in [4.69, 9.17) is 9.47 Å². The lowest BCUT2D eigenvalue weighted by Gasteiger charge is -2.38. The Balaban J connectivity index is 1.58. The van der Waals surface area contributed by atoms with Crippen molar-refractivity contribution in [2.24, 2.45) is 0 Å². The molecule has 1 aliphatic carbocycles. The summed E-state index contributed by atoms with van der Waals surface area (Å²) in [5, 5.41) is 14.0. The summed E-state index contributed by atoms with van der Waals surface area (Å²) in [5.41, 5.74) is 0.620. The van der Waals surface area contributed by atoms with Crippen molar-refractivity contribution < 1.29 is 14.3 Å². The fourth-order valence-corrected chi connectivity index (χ4v) is 4.11. The summed E-state index contributed by atoms with van der Waals surface area (Å²) in [6.07, 6.45) is 3.55. The van der Waals surface area contributed by atoms with Crippen molar-refractivity contribution in [3.63, 3.8) is 0 Å². The predicted octanol–water partition coefficient (Wildman–Crippen LogP) is 1.62. The van der Waals surface area contributed by atoms with Crippen LogP contribution in [0.15, 0.2) is 24.3 Å². The number of hydrogen-bond donors (Lipinski definition) is 1. The Morgan fingerprint density at radius 2 is 2.08 bits per heavy atom. The number of aromatic nitrogens is 4. The van der Waals surface area contributed by atoms with E-state index in [9.17, 15) is 4.79 Å². The maximum atomic E-state index is 13.6. The number of ether oxygens (including phenoxy) is 2. The molecule has 0 bridgehead atoms. The summed E-state index contributed by atoms with van der Waals surface area (Å²) in [4.78, 5) is 15.5. The Morgan fingerprint density at radius 3 is 2.73 bits per heavy atom. The number of aromatic amines is 1. The maximum absolute atomic E-state index is 13.6. The number of morpholine rings is 1. The number of tetrazole rings is 1. The van der Waals surface area contributed by atoms with E-state index in [2.05, 4.69) is 20.6 Å². The van der Waals surface area contributed by atoms with Crippen LogP contribution in [0.3, 0.4) is 0 Å². The van der Waals surface area contributed by atoms with E-state index >= 15 is 0 Å². The molecule has 1 unspecified atom stereocenters. The van der Waals surface area contributed by atoms with Crippen LogP contribution in [0.2, 0.25) is 0 Å². The second-order valence-corrected chi connectivity index (χ2v) is 6.90. The van der Waals surface area contributed by atoms with Crippen LogP contribution in [-0.2, 0) is 14.9 Å². The van der Waals surface area contributed by atoms with Crippen molar-refractivity contribution in [3.05, 3.63) is 35.7 Å². The molecule has 1 saturated carbocycles. The SMILES string of the molecule is COc1ccc(C2(C(=O)N3CCOC(c4nn[nH]n4)C3)CCCC2)cc1. The topological polar surface area (TPSA) is 93.2 Å². The van der Waals surface area contributed by atoms with Gasteiger partial charge in [-0.3, -0.25) is 4.79 Å². The van der Waals surface area contributed by atoms with Gasteiger partial charge in [-0.25, -0.2) is 0 Å². The third kappa shape index (κ3) is 2.94. The number of nitrogens with one attached hydrogen (secondary N) is 1. The van der Waals surface area contributed by atoms with Gasteiger partial charge in [-0.1, -0.05) is 30.2 Å². The first kappa shape index (κ1) is 17.0. The molecule has 2 heterocycles. The molecule has 2 aromatic rings. The lowest BCUT2D eigenvalue weighted by molar-refractivity contribution is -0.145. The van der Waals surface area contributed by atoms with Crippen molar-refractivity contribution in [3.8, 4) is 5.75 Å². The molecule has 1 aromatic carbocycles. The van der Waals surface area contributed by atoms with Gasteiger partial charge < -0.3 is 14.4 Å². The zero-order chi connectivity index (χ0) is 18.0. The van der Waals surface area contributed by atoms with E-state index in [0.29, 0.717) is 25.5 Å². The molecular weight excluding hydrogens is 334 g/mol. The van der Waals surface area contributed by atoms with E-state index in [-0.39, 0.29) is 12.0 Å². The van der Waals surface area contributed by atoms with Gasteiger partial charge in [0.05, 0.1) is 25.7 Å². The number of carbonyl (C=O) groups excluding carboxylic acids is 1. The van der Waals surface area contributed by atoms with Crippen LogP contribution in [0.1, 0.15) is 43.2 Å². The first-order valence-electron chi connectivity index (χ1n) is 9.02. The van der Waals surface area contributed by atoms with Gasteiger partial charge in [-0.15, -0.1) is 10.2 Å². The molecule has 1 aliphatic heterocycles. The molecule has 26 heavy (non-hydrogen) atoms. The first-order valence-corrected chi connectivity index (χ1v) is 9.02. The summed E-state index contributed by atoms with van der Waals surface area (Å²) >= 11 is 0. The Kier molecular flexibility index (Phi) is 4.58. The molecule has 1 amide bonds. The van der Waals surface area contributed by atoms with Crippen LogP contribution in [0.5, 0.6) is 5.75 Å². The van der Waals surface area contributed by atoms with Crippen molar-refractivity contribution in [2.75, 3.05) is 26.8 Å². The highest BCUT2D eigenvalue weighted by atomic mass is 16.5. The Morgan fingerprint density at radius 1 is 1.31 bits per heavy atom. The zero-order valence-corrected chi connectivity index (χ0v) is 14.9. The van der Waals surface area contributed by atoms with Crippen LogP contribution in [0, 0.1) is 0 Å². The van der Waals surface area contributed by atoms with E-state index in [1.165, 1.54) is 0 Å². The molecule has 2 fully saturated rings. The smallest absolute Gasteiger partial charge is 0.233 e. The number of rotatable bonds is 4. The van der Waals surface area contributed by atoms with Gasteiger partial charge in [0.2, 0.25) is 11.7 Å². The van der Waals surface area contributed by atoms with Crippen molar-refractivity contribution in [1.29, 1.82) is 0 Å². The molecule has 4 rings (SSSR count). The summed E-state index contributed by atoms with van der Waals surface area (Å²) in [6.45, 7) is 1.52. The van der Waals surface area contributed by atoms with Gasteiger partial charge in [0.1, 0.15) is 11.9 Å². The monoisotopic (exact) mass is 357 g/mol.